The highest BCUT2D eigenvalue weighted by atomic mass is 15.4. The number of benzene rings is 1. The molecule has 8 heteroatoms. The summed E-state index contributed by atoms with van der Waals surface area (Å²) in [6, 6.07) is 10.5. The molecule has 1 atom stereocenters. The number of hydrogen-bond donors (Lipinski definition) is 1. The fraction of sp³-hybridized carbons (Fsp3) is 0.286. The largest absolute Gasteiger partial charge is 0.342 e. The zero-order chi connectivity index (χ0) is 20.0. The van der Waals surface area contributed by atoms with E-state index in [1.807, 2.05) is 41.1 Å². The molecule has 0 radical (unpaired) electrons. The van der Waals surface area contributed by atoms with Gasteiger partial charge in [0.15, 0.2) is 17.5 Å². The van der Waals surface area contributed by atoms with Crippen molar-refractivity contribution in [1.82, 2.24) is 34.9 Å². The van der Waals surface area contributed by atoms with Crippen molar-refractivity contribution in [3.8, 4) is 28.3 Å². The maximum atomic E-state index is 5.00. The Morgan fingerprint density at radius 3 is 2.72 bits per heavy atom. The van der Waals surface area contributed by atoms with E-state index in [9.17, 15) is 0 Å². The van der Waals surface area contributed by atoms with Crippen molar-refractivity contribution >= 4 is 5.82 Å². The predicted octanol–water partition coefficient (Wildman–Crippen LogP) is 3.79. The number of nitrogens with zero attached hydrogens (tertiary/aromatic N) is 7. The highest BCUT2D eigenvalue weighted by molar-refractivity contribution is 5.78. The summed E-state index contributed by atoms with van der Waals surface area (Å²) < 4.78 is 2.00. The Morgan fingerprint density at radius 2 is 1.97 bits per heavy atom. The van der Waals surface area contributed by atoms with Gasteiger partial charge in [0.05, 0.1) is 29.7 Å². The summed E-state index contributed by atoms with van der Waals surface area (Å²) in [6.45, 7) is 6.51. The van der Waals surface area contributed by atoms with Gasteiger partial charge in [-0.2, -0.15) is 5.10 Å². The molecule has 0 aliphatic carbocycles. The number of nitrogens with one attached hydrogen (secondary N) is 1. The lowest BCUT2D eigenvalue weighted by molar-refractivity contribution is 0.497. The first-order valence-corrected chi connectivity index (χ1v) is 9.83. The molecule has 1 N–H and O–H groups in total. The lowest BCUT2D eigenvalue weighted by Crippen LogP contribution is -2.40. The zero-order valence-electron chi connectivity index (χ0n) is 16.6. The van der Waals surface area contributed by atoms with Crippen molar-refractivity contribution in [3.05, 3.63) is 54.9 Å². The fourth-order valence-electron chi connectivity index (χ4n) is 4.05. The second-order valence-electron chi connectivity index (χ2n) is 7.41. The SMILES string of the molecule is CCC1c2nncn2-c2cnc(-c3cn[nH]c3-c3ccccc3)nc2N1C(C)C. The molecule has 4 aromatic rings. The van der Waals surface area contributed by atoms with Gasteiger partial charge in [0.25, 0.3) is 0 Å². The summed E-state index contributed by atoms with van der Waals surface area (Å²) in [4.78, 5) is 12.0. The Balaban J connectivity index is 1.68. The van der Waals surface area contributed by atoms with Crippen LogP contribution in [0.25, 0.3) is 28.3 Å². The van der Waals surface area contributed by atoms with Crippen molar-refractivity contribution in [2.45, 2.75) is 39.3 Å². The number of hydrogen-bond acceptors (Lipinski definition) is 6. The van der Waals surface area contributed by atoms with Crippen LogP contribution >= 0.6 is 0 Å². The summed E-state index contributed by atoms with van der Waals surface area (Å²) >= 11 is 0. The minimum Gasteiger partial charge on any atom is -0.342 e. The van der Waals surface area contributed by atoms with Crippen LogP contribution in [0.15, 0.2) is 49.1 Å². The van der Waals surface area contributed by atoms with Crippen molar-refractivity contribution in [3.63, 3.8) is 0 Å². The highest BCUT2D eigenvalue weighted by Gasteiger charge is 2.35. The number of fused-ring (bicyclic) bond motifs is 3. The zero-order valence-corrected chi connectivity index (χ0v) is 16.6. The first-order valence-electron chi connectivity index (χ1n) is 9.83. The van der Waals surface area contributed by atoms with Gasteiger partial charge < -0.3 is 4.90 Å². The van der Waals surface area contributed by atoms with Crippen LogP contribution < -0.4 is 4.90 Å². The van der Waals surface area contributed by atoms with Crippen LogP contribution in [0.5, 0.6) is 0 Å². The molecule has 3 aromatic heterocycles. The molecule has 5 rings (SSSR count). The molecular formula is C21H22N8. The van der Waals surface area contributed by atoms with Gasteiger partial charge in [-0.25, -0.2) is 9.97 Å². The summed E-state index contributed by atoms with van der Waals surface area (Å²) in [6.07, 6.45) is 6.29. The van der Waals surface area contributed by atoms with Crippen LogP contribution in [0.2, 0.25) is 0 Å². The van der Waals surface area contributed by atoms with Gasteiger partial charge >= 0.3 is 0 Å². The Bertz CT molecular complexity index is 1140. The molecule has 0 bridgehead atoms. The van der Waals surface area contributed by atoms with Crippen molar-refractivity contribution in [2.24, 2.45) is 0 Å². The van der Waals surface area contributed by atoms with Crippen LogP contribution in [0, 0.1) is 0 Å². The molecule has 146 valence electrons. The van der Waals surface area contributed by atoms with E-state index in [-0.39, 0.29) is 12.1 Å². The molecule has 0 fully saturated rings. The van der Waals surface area contributed by atoms with Gasteiger partial charge in [-0.3, -0.25) is 9.67 Å². The van der Waals surface area contributed by atoms with Crippen LogP contribution in [0.1, 0.15) is 39.1 Å². The molecular weight excluding hydrogens is 364 g/mol. The summed E-state index contributed by atoms with van der Waals surface area (Å²) in [5, 5.41) is 15.9. The second kappa shape index (κ2) is 6.80. The lowest BCUT2D eigenvalue weighted by atomic mass is 10.1. The molecule has 0 amide bonds. The molecule has 0 saturated carbocycles. The monoisotopic (exact) mass is 386 g/mol. The number of anilines is 1. The van der Waals surface area contributed by atoms with E-state index in [0.29, 0.717) is 5.82 Å². The Labute approximate surface area is 168 Å². The molecule has 1 aliphatic rings. The Hall–Kier alpha value is -3.55. The van der Waals surface area contributed by atoms with Crippen molar-refractivity contribution < 1.29 is 0 Å². The van der Waals surface area contributed by atoms with E-state index in [1.165, 1.54) is 0 Å². The first kappa shape index (κ1) is 17.5. The molecule has 1 aromatic carbocycles. The molecule has 4 heterocycles. The average molecular weight is 386 g/mol. The van der Waals surface area contributed by atoms with E-state index in [4.69, 9.17) is 4.98 Å². The maximum Gasteiger partial charge on any atom is 0.165 e. The predicted molar refractivity (Wildman–Crippen MR) is 111 cm³/mol. The van der Waals surface area contributed by atoms with Crippen molar-refractivity contribution in [2.75, 3.05) is 4.90 Å². The minimum absolute atomic E-state index is 0.116. The van der Waals surface area contributed by atoms with Gasteiger partial charge in [0.2, 0.25) is 0 Å². The van der Waals surface area contributed by atoms with E-state index in [1.54, 1.807) is 12.5 Å². The standard InChI is InChI=1S/C21H22N8/c1-4-16-21-27-24-12-28(21)17-11-22-19(25-20(17)29(16)13(2)3)15-10-23-26-18(15)14-8-6-5-7-9-14/h5-13,16H,4H2,1-3H3,(H,23,26). The minimum atomic E-state index is 0.116. The molecule has 29 heavy (non-hydrogen) atoms. The molecule has 8 nitrogen and oxygen atoms in total. The Morgan fingerprint density at radius 1 is 1.14 bits per heavy atom. The van der Waals surface area contributed by atoms with Crippen LogP contribution in [-0.2, 0) is 0 Å². The fourth-order valence-corrected chi connectivity index (χ4v) is 4.05. The first-order chi connectivity index (χ1) is 14.2. The molecule has 0 saturated heterocycles. The third-order valence-corrected chi connectivity index (χ3v) is 5.35. The van der Waals surface area contributed by atoms with E-state index < -0.39 is 0 Å². The van der Waals surface area contributed by atoms with Gasteiger partial charge in [0, 0.05) is 11.6 Å². The number of aromatic amines is 1. The number of rotatable bonds is 4. The van der Waals surface area contributed by atoms with E-state index in [2.05, 4.69) is 51.0 Å². The maximum absolute atomic E-state index is 5.00. The quantitative estimate of drug-likeness (QED) is 0.574. The Kier molecular flexibility index (Phi) is 4.12. The van der Waals surface area contributed by atoms with Crippen LogP contribution in [0.4, 0.5) is 5.82 Å². The van der Waals surface area contributed by atoms with E-state index in [0.717, 1.165) is 40.6 Å². The normalized spacial score (nSPS) is 15.4. The van der Waals surface area contributed by atoms with Gasteiger partial charge in [-0.15, -0.1) is 10.2 Å². The summed E-state index contributed by atoms with van der Waals surface area (Å²) in [7, 11) is 0. The summed E-state index contributed by atoms with van der Waals surface area (Å²) in [5.41, 5.74) is 3.74. The topological polar surface area (TPSA) is 88.4 Å². The van der Waals surface area contributed by atoms with Gasteiger partial charge in [-0.05, 0) is 20.3 Å². The smallest absolute Gasteiger partial charge is 0.165 e. The van der Waals surface area contributed by atoms with Crippen LogP contribution in [0.3, 0.4) is 0 Å². The summed E-state index contributed by atoms with van der Waals surface area (Å²) in [5.74, 6) is 2.47. The third kappa shape index (κ3) is 2.71. The van der Waals surface area contributed by atoms with Gasteiger partial charge in [0.1, 0.15) is 12.0 Å². The number of aromatic nitrogens is 7. The molecule has 0 spiro atoms. The van der Waals surface area contributed by atoms with E-state index >= 15 is 0 Å². The average Bonchev–Trinajstić information content (AvgIpc) is 3.42. The van der Waals surface area contributed by atoms with Gasteiger partial charge in [-0.1, -0.05) is 37.3 Å². The van der Waals surface area contributed by atoms with Crippen LogP contribution in [-0.4, -0.2) is 41.0 Å². The lowest BCUT2D eigenvalue weighted by Gasteiger charge is -2.39. The van der Waals surface area contributed by atoms with Crippen molar-refractivity contribution in [1.29, 1.82) is 0 Å². The second-order valence-corrected chi connectivity index (χ2v) is 7.41. The molecule has 1 aliphatic heterocycles. The number of H-pyrrole nitrogens is 1. The highest BCUT2D eigenvalue weighted by Crippen LogP contribution is 2.40. The molecule has 1 unspecified atom stereocenters. The third-order valence-electron chi connectivity index (χ3n) is 5.35.